The van der Waals surface area contributed by atoms with Gasteiger partial charge in [-0.15, -0.1) is 0 Å². The third kappa shape index (κ3) is 3.56. The molecule has 1 aromatic heterocycles. The van der Waals surface area contributed by atoms with Gasteiger partial charge in [0.15, 0.2) is 14.3 Å². The Bertz CT molecular complexity index is 1030. The lowest BCUT2D eigenvalue weighted by molar-refractivity contribution is 0.299. The van der Waals surface area contributed by atoms with Gasteiger partial charge in [0.25, 0.3) is 0 Å². The molecule has 0 spiro atoms. The highest BCUT2D eigenvalue weighted by atomic mass is 32.2. The fraction of sp³-hybridized carbons (Fsp3) is 0.250. The summed E-state index contributed by atoms with van der Waals surface area (Å²) in [5.41, 5.74) is 3.43. The van der Waals surface area contributed by atoms with Crippen LogP contribution in [0.1, 0.15) is 16.7 Å². The molecule has 28 heavy (non-hydrogen) atoms. The first-order valence-corrected chi connectivity index (χ1v) is 10.9. The first-order chi connectivity index (χ1) is 13.7. The van der Waals surface area contributed by atoms with Crippen molar-refractivity contribution >= 4 is 30.6 Å². The van der Waals surface area contributed by atoms with E-state index >= 15 is 0 Å². The van der Waals surface area contributed by atoms with Crippen molar-refractivity contribution in [1.82, 2.24) is 0 Å². The van der Waals surface area contributed by atoms with Gasteiger partial charge >= 0.3 is 0 Å². The second-order valence-electron chi connectivity index (χ2n) is 7.03. The molecule has 0 atom stereocenters. The summed E-state index contributed by atoms with van der Waals surface area (Å²) < 4.78 is 2.63. The van der Waals surface area contributed by atoms with E-state index in [2.05, 4.69) is 60.7 Å². The van der Waals surface area contributed by atoms with Crippen LogP contribution in [0.25, 0.3) is 25.1 Å². The van der Waals surface area contributed by atoms with Gasteiger partial charge in [-0.2, -0.15) is 0 Å². The molecule has 0 unspecified atom stereocenters. The lowest BCUT2D eigenvalue weighted by atomic mass is 10.0. The van der Waals surface area contributed by atoms with Gasteiger partial charge in [-0.3, -0.25) is 0 Å². The topological polar surface area (TPSA) is 60.7 Å². The van der Waals surface area contributed by atoms with E-state index in [1.807, 2.05) is 0 Å². The van der Waals surface area contributed by atoms with Crippen molar-refractivity contribution in [1.29, 1.82) is 0 Å². The summed E-state index contributed by atoms with van der Waals surface area (Å²) in [7, 11) is -0.165. The molecule has 3 aromatic carbocycles. The third-order valence-electron chi connectivity index (χ3n) is 5.18. The van der Waals surface area contributed by atoms with Crippen LogP contribution >= 0.6 is 10.5 Å². The average Bonchev–Trinajstić information content (AvgIpc) is 3.03. The quantitative estimate of drug-likeness (QED) is 0.410. The Morgan fingerprint density at radius 1 is 0.536 bits per heavy atom. The SMILES string of the molecule is OCCc1ccc(-[s+]2c3ccc(CCO)cc3c3cc(CCO)ccc32)cc1. The van der Waals surface area contributed by atoms with E-state index in [1.165, 1.54) is 25.1 Å². The van der Waals surface area contributed by atoms with Crippen molar-refractivity contribution in [3.63, 3.8) is 0 Å². The van der Waals surface area contributed by atoms with E-state index in [9.17, 15) is 10.2 Å². The number of aliphatic hydroxyl groups excluding tert-OH is 3. The highest BCUT2D eigenvalue weighted by Gasteiger charge is 2.24. The summed E-state index contributed by atoms with van der Waals surface area (Å²) in [5.74, 6) is 0. The van der Waals surface area contributed by atoms with Crippen molar-refractivity contribution in [2.75, 3.05) is 19.8 Å². The fourth-order valence-corrected chi connectivity index (χ4v) is 6.13. The van der Waals surface area contributed by atoms with Crippen LogP contribution in [0.5, 0.6) is 0 Å². The van der Waals surface area contributed by atoms with Crippen LogP contribution in [0.4, 0.5) is 0 Å². The Morgan fingerprint density at radius 2 is 0.964 bits per heavy atom. The number of rotatable bonds is 7. The maximum absolute atomic E-state index is 9.33. The summed E-state index contributed by atoms with van der Waals surface area (Å²) in [6.07, 6.45) is 1.99. The van der Waals surface area contributed by atoms with E-state index in [1.54, 1.807) is 0 Å². The summed E-state index contributed by atoms with van der Waals surface area (Å²) in [6.45, 7) is 0.459. The predicted molar refractivity (Wildman–Crippen MR) is 118 cm³/mol. The van der Waals surface area contributed by atoms with Gasteiger partial charge in [0.05, 0.1) is 0 Å². The molecule has 144 valence electrons. The maximum atomic E-state index is 9.33. The smallest absolute Gasteiger partial charge is 0.187 e. The van der Waals surface area contributed by atoms with Crippen molar-refractivity contribution in [2.24, 2.45) is 0 Å². The van der Waals surface area contributed by atoms with E-state index < -0.39 is 0 Å². The van der Waals surface area contributed by atoms with E-state index in [-0.39, 0.29) is 30.3 Å². The summed E-state index contributed by atoms with van der Waals surface area (Å²) in [5, 5.41) is 30.3. The minimum atomic E-state index is -0.165. The zero-order valence-electron chi connectivity index (χ0n) is 15.8. The summed E-state index contributed by atoms with van der Waals surface area (Å²) in [6, 6.07) is 21.6. The van der Waals surface area contributed by atoms with Crippen LogP contribution in [-0.2, 0) is 19.3 Å². The second kappa shape index (κ2) is 8.41. The molecule has 3 nitrogen and oxygen atoms in total. The Balaban J connectivity index is 1.95. The van der Waals surface area contributed by atoms with Gasteiger partial charge in [0.2, 0.25) is 0 Å². The standard InChI is InChI=1S/C24H25O3S/c25-12-9-17-1-5-20(6-2-17)28-23-7-3-18(10-13-26)15-21(23)22-16-19(11-14-27)4-8-24(22)28/h1-8,15-16,25-27H,9-14H2/q+1. The van der Waals surface area contributed by atoms with Crippen LogP contribution < -0.4 is 0 Å². The van der Waals surface area contributed by atoms with Gasteiger partial charge in [0, 0.05) is 41.1 Å². The molecule has 0 amide bonds. The minimum absolute atomic E-state index is 0.147. The van der Waals surface area contributed by atoms with Crippen LogP contribution in [-0.4, -0.2) is 35.1 Å². The molecule has 4 rings (SSSR count). The van der Waals surface area contributed by atoms with Crippen molar-refractivity contribution in [2.45, 2.75) is 19.3 Å². The van der Waals surface area contributed by atoms with Crippen LogP contribution in [0.15, 0.2) is 60.7 Å². The molecule has 1 heterocycles. The molecule has 0 saturated carbocycles. The predicted octanol–water partition coefficient (Wildman–Crippen LogP) is 4.34. The molecule has 0 radical (unpaired) electrons. The lowest BCUT2D eigenvalue weighted by Crippen LogP contribution is -1.90. The minimum Gasteiger partial charge on any atom is -0.396 e. The average molecular weight is 394 g/mol. The molecule has 4 aromatic rings. The normalized spacial score (nSPS) is 11.5. The first-order valence-electron chi connectivity index (χ1n) is 9.67. The number of hydrogen-bond donors (Lipinski definition) is 3. The fourth-order valence-electron chi connectivity index (χ4n) is 3.79. The molecular formula is C24H25O3S+. The third-order valence-corrected chi connectivity index (χ3v) is 7.51. The van der Waals surface area contributed by atoms with Gasteiger partial charge in [-0.1, -0.05) is 24.3 Å². The Labute approximate surface area is 167 Å². The zero-order chi connectivity index (χ0) is 19.5. The Kier molecular flexibility index (Phi) is 5.74. The van der Waals surface area contributed by atoms with E-state index in [0.717, 1.165) is 16.7 Å². The molecule has 3 N–H and O–H groups in total. The van der Waals surface area contributed by atoms with Crippen molar-refractivity contribution < 1.29 is 15.3 Å². The van der Waals surface area contributed by atoms with Crippen molar-refractivity contribution in [3.05, 3.63) is 77.4 Å². The highest BCUT2D eigenvalue weighted by molar-refractivity contribution is 7.50. The van der Waals surface area contributed by atoms with E-state index in [4.69, 9.17) is 5.11 Å². The number of benzene rings is 3. The number of thiophene rings is 1. The zero-order valence-corrected chi connectivity index (χ0v) is 16.6. The van der Waals surface area contributed by atoms with E-state index in [0.29, 0.717) is 19.3 Å². The largest absolute Gasteiger partial charge is 0.396 e. The molecule has 0 aliphatic carbocycles. The maximum Gasteiger partial charge on any atom is 0.187 e. The Hall–Kier alpha value is -2.24. The number of aliphatic hydroxyl groups is 3. The monoisotopic (exact) mass is 393 g/mol. The highest BCUT2D eigenvalue weighted by Crippen LogP contribution is 2.48. The van der Waals surface area contributed by atoms with Gasteiger partial charge in [-0.25, -0.2) is 0 Å². The molecule has 4 heteroatoms. The molecular weight excluding hydrogens is 368 g/mol. The molecule has 0 bridgehead atoms. The second-order valence-corrected chi connectivity index (χ2v) is 9.00. The Morgan fingerprint density at radius 3 is 1.43 bits per heavy atom. The summed E-state index contributed by atoms with van der Waals surface area (Å²) >= 11 is 0. The number of hydrogen-bond acceptors (Lipinski definition) is 3. The molecule has 0 fully saturated rings. The molecule has 0 saturated heterocycles. The summed E-state index contributed by atoms with van der Waals surface area (Å²) in [4.78, 5) is 1.27. The van der Waals surface area contributed by atoms with Gasteiger partial charge in [0.1, 0.15) is 0 Å². The first kappa shape index (κ1) is 19.1. The van der Waals surface area contributed by atoms with Crippen LogP contribution in [0, 0.1) is 0 Å². The lowest BCUT2D eigenvalue weighted by Gasteiger charge is -1.99. The number of fused-ring (bicyclic) bond motifs is 3. The van der Waals surface area contributed by atoms with Gasteiger partial charge in [-0.05, 0) is 72.4 Å². The van der Waals surface area contributed by atoms with Crippen LogP contribution in [0.3, 0.4) is 0 Å². The van der Waals surface area contributed by atoms with Crippen LogP contribution in [0.2, 0.25) is 0 Å². The van der Waals surface area contributed by atoms with Crippen molar-refractivity contribution in [3.8, 4) is 4.90 Å². The molecule has 0 aliphatic rings. The molecule has 0 aliphatic heterocycles. The van der Waals surface area contributed by atoms with Gasteiger partial charge < -0.3 is 15.3 Å².